The number of hydrogen-bond donors (Lipinski definition) is 5. The summed E-state index contributed by atoms with van der Waals surface area (Å²) in [5.41, 5.74) is 11.0. The molecule has 150 valence electrons. The van der Waals surface area contributed by atoms with E-state index < -0.39 is 41.8 Å². The molecule has 0 aliphatic rings. The van der Waals surface area contributed by atoms with Crippen molar-refractivity contribution in [2.24, 2.45) is 17.4 Å². The van der Waals surface area contributed by atoms with Crippen LogP contribution in [0, 0.1) is 5.92 Å². The lowest BCUT2D eigenvalue weighted by molar-refractivity contribution is -0.142. The predicted molar refractivity (Wildman–Crippen MR) is 100 cm³/mol. The number of carboxylic acid groups (broad SMARTS) is 1. The second kappa shape index (κ2) is 12.5. The first-order valence-corrected chi connectivity index (χ1v) is 9.89. The summed E-state index contributed by atoms with van der Waals surface area (Å²) in [4.78, 5) is 47.0. The summed E-state index contributed by atoms with van der Waals surface area (Å²) in [6.07, 6.45) is 2.59. The van der Waals surface area contributed by atoms with E-state index in [1.165, 1.54) is 11.8 Å². The van der Waals surface area contributed by atoms with E-state index in [-0.39, 0.29) is 25.2 Å². The van der Waals surface area contributed by atoms with Gasteiger partial charge in [-0.2, -0.15) is 11.8 Å². The maximum absolute atomic E-state index is 12.4. The Morgan fingerprint density at radius 3 is 2.12 bits per heavy atom. The van der Waals surface area contributed by atoms with E-state index in [1.807, 2.05) is 20.1 Å². The van der Waals surface area contributed by atoms with Gasteiger partial charge in [0.25, 0.3) is 0 Å². The number of aliphatic carboxylic acids is 1. The van der Waals surface area contributed by atoms with Gasteiger partial charge in [0.1, 0.15) is 12.1 Å². The van der Waals surface area contributed by atoms with Crippen LogP contribution in [0.25, 0.3) is 0 Å². The van der Waals surface area contributed by atoms with Gasteiger partial charge in [-0.15, -0.1) is 0 Å². The molecular formula is C16H30N4O5S. The number of carboxylic acids is 1. The van der Waals surface area contributed by atoms with Gasteiger partial charge >= 0.3 is 5.97 Å². The zero-order valence-corrected chi connectivity index (χ0v) is 16.3. The van der Waals surface area contributed by atoms with Crippen LogP contribution in [-0.4, -0.2) is 58.9 Å². The number of rotatable bonds is 13. The third-order valence-electron chi connectivity index (χ3n) is 4.10. The normalized spacial score (nSPS) is 15.4. The van der Waals surface area contributed by atoms with Gasteiger partial charge in [-0.05, 0) is 30.8 Å². The van der Waals surface area contributed by atoms with Crippen LogP contribution in [0.3, 0.4) is 0 Å². The molecule has 0 aliphatic heterocycles. The number of carbonyl (C=O) groups excluding carboxylic acids is 3. The molecule has 0 aromatic rings. The molecule has 26 heavy (non-hydrogen) atoms. The molecule has 0 bridgehead atoms. The van der Waals surface area contributed by atoms with Crippen LogP contribution >= 0.6 is 11.8 Å². The largest absolute Gasteiger partial charge is 0.480 e. The van der Waals surface area contributed by atoms with E-state index in [9.17, 15) is 24.3 Å². The molecule has 0 aromatic heterocycles. The molecule has 0 aromatic carbocycles. The number of nitrogens with one attached hydrogen (secondary N) is 2. The number of thioether (sulfide) groups is 1. The standard InChI is InChI=1S/C16H30N4O5S/c1-4-9(2)13(18)15(23)19-10(5-6-12(17)21)14(22)20-11(16(24)25)7-8-26-3/h9-11,13H,4-8,18H2,1-3H3,(H2,17,21)(H,19,23)(H,20,22)(H,24,25)/t9-,10-,11-,13-/m0/s1. The zero-order valence-electron chi connectivity index (χ0n) is 15.5. The highest BCUT2D eigenvalue weighted by Crippen LogP contribution is 2.08. The van der Waals surface area contributed by atoms with Gasteiger partial charge < -0.3 is 27.2 Å². The summed E-state index contributed by atoms with van der Waals surface area (Å²) in [6, 6.07) is -2.97. The molecule has 0 spiro atoms. The maximum Gasteiger partial charge on any atom is 0.326 e. The van der Waals surface area contributed by atoms with Crippen molar-refractivity contribution in [1.82, 2.24) is 10.6 Å². The fourth-order valence-electron chi connectivity index (χ4n) is 2.10. The van der Waals surface area contributed by atoms with Gasteiger partial charge in [0.05, 0.1) is 6.04 Å². The molecule has 0 saturated carbocycles. The van der Waals surface area contributed by atoms with Crippen molar-refractivity contribution in [2.45, 2.75) is 57.7 Å². The number of carbonyl (C=O) groups is 4. The maximum atomic E-state index is 12.4. The Labute approximate surface area is 158 Å². The van der Waals surface area contributed by atoms with Gasteiger partial charge in [-0.25, -0.2) is 4.79 Å². The lowest BCUT2D eigenvalue weighted by atomic mass is 9.98. The fraction of sp³-hybridized carbons (Fsp3) is 0.750. The summed E-state index contributed by atoms with van der Waals surface area (Å²) in [7, 11) is 0. The van der Waals surface area contributed by atoms with Crippen LogP contribution in [0.4, 0.5) is 0 Å². The molecule has 0 aliphatic carbocycles. The van der Waals surface area contributed by atoms with E-state index in [0.29, 0.717) is 12.2 Å². The van der Waals surface area contributed by atoms with Gasteiger partial charge in [0.15, 0.2) is 0 Å². The van der Waals surface area contributed by atoms with Crippen molar-refractivity contribution in [3.63, 3.8) is 0 Å². The highest BCUT2D eigenvalue weighted by molar-refractivity contribution is 7.98. The van der Waals surface area contributed by atoms with Crippen LogP contribution in [0.1, 0.15) is 39.5 Å². The first-order valence-electron chi connectivity index (χ1n) is 8.50. The molecule has 0 radical (unpaired) electrons. The average molecular weight is 391 g/mol. The zero-order chi connectivity index (χ0) is 20.3. The monoisotopic (exact) mass is 390 g/mol. The minimum atomic E-state index is -1.16. The summed E-state index contributed by atoms with van der Waals surface area (Å²) in [5.74, 6) is -2.54. The Balaban J connectivity index is 5.08. The first-order chi connectivity index (χ1) is 12.1. The molecule has 4 atom stereocenters. The highest BCUT2D eigenvalue weighted by atomic mass is 32.2. The van der Waals surface area contributed by atoms with E-state index in [4.69, 9.17) is 11.5 Å². The number of nitrogens with two attached hydrogens (primary N) is 2. The minimum Gasteiger partial charge on any atom is -0.480 e. The molecule has 0 fully saturated rings. The third kappa shape index (κ3) is 9.04. The molecule has 9 nitrogen and oxygen atoms in total. The number of primary amides is 1. The van der Waals surface area contributed by atoms with E-state index in [0.717, 1.165) is 0 Å². The van der Waals surface area contributed by atoms with Crippen molar-refractivity contribution < 1.29 is 24.3 Å². The second-order valence-electron chi connectivity index (χ2n) is 6.16. The van der Waals surface area contributed by atoms with Crippen LogP contribution in [-0.2, 0) is 19.2 Å². The van der Waals surface area contributed by atoms with E-state index in [1.54, 1.807) is 0 Å². The quantitative estimate of drug-likeness (QED) is 0.281. The van der Waals surface area contributed by atoms with Gasteiger partial charge in [-0.1, -0.05) is 20.3 Å². The summed E-state index contributed by atoms with van der Waals surface area (Å²) in [6.45, 7) is 3.70. The highest BCUT2D eigenvalue weighted by Gasteiger charge is 2.29. The average Bonchev–Trinajstić information content (AvgIpc) is 2.59. The van der Waals surface area contributed by atoms with Crippen molar-refractivity contribution in [3.05, 3.63) is 0 Å². The van der Waals surface area contributed by atoms with Crippen LogP contribution in [0.5, 0.6) is 0 Å². The Kier molecular flexibility index (Phi) is 11.7. The molecule has 3 amide bonds. The smallest absolute Gasteiger partial charge is 0.326 e. The SMILES string of the molecule is CC[C@H](C)[C@H](N)C(=O)N[C@@H](CCC(N)=O)C(=O)N[C@@H](CCSC)C(=O)O. The first kappa shape index (κ1) is 24.2. The third-order valence-corrected chi connectivity index (χ3v) is 4.74. The Bertz CT molecular complexity index is 503. The predicted octanol–water partition coefficient (Wildman–Crippen LogP) is -0.567. The van der Waals surface area contributed by atoms with Gasteiger partial charge in [0.2, 0.25) is 17.7 Å². The van der Waals surface area contributed by atoms with Crippen LogP contribution in [0.15, 0.2) is 0 Å². The van der Waals surface area contributed by atoms with E-state index in [2.05, 4.69) is 10.6 Å². The lowest BCUT2D eigenvalue weighted by Crippen LogP contribution is -2.55. The molecule has 0 heterocycles. The molecular weight excluding hydrogens is 360 g/mol. The van der Waals surface area contributed by atoms with Crippen LogP contribution in [0.2, 0.25) is 0 Å². The van der Waals surface area contributed by atoms with E-state index >= 15 is 0 Å². The topological polar surface area (TPSA) is 165 Å². The molecule has 10 heteroatoms. The molecule has 0 unspecified atom stereocenters. The Morgan fingerprint density at radius 2 is 1.65 bits per heavy atom. The second-order valence-corrected chi connectivity index (χ2v) is 7.14. The van der Waals surface area contributed by atoms with Crippen LogP contribution < -0.4 is 22.1 Å². The van der Waals surface area contributed by atoms with Crippen molar-refractivity contribution in [1.29, 1.82) is 0 Å². The van der Waals surface area contributed by atoms with Crippen molar-refractivity contribution in [2.75, 3.05) is 12.0 Å². The van der Waals surface area contributed by atoms with Gasteiger partial charge in [-0.3, -0.25) is 14.4 Å². The Morgan fingerprint density at radius 1 is 1.08 bits per heavy atom. The molecule has 0 saturated heterocycles. The minimum absolute atomic E-state index is 0.0327. The molecule has 0 rings (SSSR count). The lowest BCUT2D eigenvalue weighted by Gasteiger charge is -2.24. The van der Waals surface area contributed by atoms with Gasteiger partial charge in [0, 0.05) is 6.42 Å². The summed E-state index contributed by atoms with van der Waals surface area (Å²) in [5, 5.41) is 14.1. The number of amides is 3. The van der Waals surface area contributed by atoms with Crippen molar-refractivity contribution >= 4 is 35.5 Å². The fourth-order valence-corrected chi connectivity index (χ4v) is 2.57. The Hall–Kier alpha value is -1.81. The summed E-state index contributed by atoms with van der Waals surface area (Å²) >= 11 is 1.46. The number of hydrogen-bond acceptors (Lipinski definition) is 6. The van der Waals surface area contributed by atoms with Crippen molar-refractivity contribution in [3.8, 4) is 0 Å². The molecule has 7 N–H and O–H groups in total. The summed E-state index contributed by atoms with van der Waals surface area (Å²) < 4.78 is 0.